The summed E-state index contributed by atoms with van der Waals surface area (Å²) in [7, 11) is 1.60. The monoisotopic (exact) mass is 469 g/mol. The zero-order valence-corrected chi connectivity index (χ0v) is 18.5. The van der Waals surface area contributed by atoms with Crippen LogP contribution in [0.15, 0.2) is 53.9 Å². The lowest BCUT2D eigenvalue weighted by Crippen LogP contribution is -2.16. The standard InChI is InChI=1S/C21H16ClN5O4S/c1-12-9-19(24-20(28)16-10-14(22)5-8-18(16)27(29)30)26(25-12)21-23-17(11-32-21)13-3-6-15(31-2)7-4-13/h3-11H,1-2H3,(H,24,28). The van der Waals surface area contributed by atoms with Gasteiger partial charge in [0.05, 0.1) is 23.4 Å². The summed E-state index contributed by atoms with van der Waals surface area (Å²) >= 11 is 7.29. The molecule has 0 saturated heterocycles. The van der Waals surface area contributed by atoms with Gasteiger partial charge in [0.25, 0.3) is 11.6 Å². The molecule has 0 aliphatic heterocycles. The molecule has 0 spiro atoms. The van der Waals surface area contributed by atoms with Crippen LogP contribution in [-0.4, -0.2) is 32.7 Å². The fourth-order valence-corrected chi connectivity index (χ4v) is 3.99. The quantitative estimate of drug-likeness (QED) is 0.309. The summed E-state index contributed by atoms with van der Waals surface area (Å²) in [5, 5.41) is 21.0. The Hall–Kier alpha value is -3.76. The molecule has 9 nitrogen and oxygen atoms in total. The Morgan fingerprint density at radius 2 is 1.97 bits per heavy atom. The number of hydrogen-bond donors (Lipinski definition) is 1. The van der Waals surface area contributed by atoms with Gasteiger partial charge < -0.3 is 10.1 Å². The van der Waals surface area contributed by atoms with Crippen molar-refractivity contribution in [1.82, 2.24) is 14.8 Å². The molecule has 0 saturated carbocycles. The number of benzene rings is 2. The molecule has 0 fully saturated rings. The molecule has 0 aliphatic carbocycles. The first-order chi connectivity index (χ1) is 15.4. The third-order valence-corrected chi connectivity index (χ3v) is 5.58. The van der Waals surface area contributed by atoms with E-state index in [2.05, 4.69) is 15.4 Å². The lowest BCUT2D eigenvalue weighted by atomic mass is 10.1. The second-order valence-corrected chi connectivity index (χ2v) is 7.97. The number of halogens is 1. The van der Waals surface area contributed by atoms with E-state index in [1.807, 2.05) is 29.6 Å². The Balaban J connectivity index is 1.64. The number of nitrogens with one attached hydrogen (secondary N) is 1. The van der Waals surface area contributed by atoms with Gasteiger partial charge in [0.15, 0.2) is 0 Å². The molecule has 1 amide bonds. The first-order valence-corrected chi connectivity index (χ1v) is 10.5. The highest BCUT2D eigenvalue weighted by Crippen LogP contribution is 2.29. The van der Waals surface area contributed by atoms with E-state index < -0.39 is 10.8 Å². The van der Waals surface area contributed by atoms with Crippen LogP contribution < -0.4 is 10.1 Å². The Bertz CT molecular complexity index is 1320. The van der Waals surface area contributed by atoms with Crippen LogP contribution in [0.25, 0.3) is 16.4 Å². The Labute approximate surface area is 191 Å². The number of amides is 1. The van der Waals surface area contributed by atoms with Crippen LogP contribution in [0.1, 0.15) is 16.1 Å². The van der Waals surface area contributed by atoms with Crippen molar-refractivity contribution >= 4 is 40.4 Å². The Kier molecular flexibility index (Phi) is 5.89. The van der Waals surface area contributed by atoms with Gasteiger partial charge in [-0.2, -0.15) is 9.78 Å². The minimum atomic E-state index is -0.674. The van der Waals surface area contributed by atoms with Crippen LogP contribution in [0, 0.1) is 17.0 Å². The zero-order chi connectivity index (χ0) is 22.8. The number of aromatic nitrogens is 3. The second kappa shape index (κ2) is 8.77. The van der Waals surface area contributed by atoms with Crippen LogP contribution >= 0.6 is 22.9 Å². The summed E-state index contributed by atoms with van der Waals surface area (Å²) < 4.78 is 6.67. The van der Waals surface area contributed by atoms with E-state index in [1.54, 1.807) is 20.1 Å². The van der Waals surface area contributed by atoms with Gasteiger partial charge in [-0.15, -0.1) is 11.3 Å². The summed E-state index contributed by atoms with van der Waals surface area (Å²) in [4.78, 5) is 28.1. The van der Waals surface area contributed by atoms with E-state index in [9.17, 15) is 14.9 Å². The van der Waals surface area contributed by atoms with E-state index in [0.717, 1.165) is 17.0 Å². The molecule has 2 aromatic carbocycles. The SMILES string of the molecule is COc1ccc(-c2csc(-n3nc(C)cc3NC(=O)c3cc(Cl)ccc3[N+](=O)[O-])n2)cc1. The van der Waals surface area contributed by atoms with E-state index in [0.29, 0.717) is 16.6 Å². The number of rotatable bonds is 6. The van der Waals surface area contributed by atoms with E-state index in [1.165, 1.54) is 34.2 Å². The average molecular weight is 470 g/mol. The van der Waals surface area contributed by atoms with Crippen molar-refractivity contribution in [3.05, 3.63) is 80.3 Å². The van der Waals surface area contributed by atoms with Gasteiger partial charge in [-0.1, -0.05) is 11.6 Å². The van der Waals surface area contributed by atoms with Gasteiger partial charge in [0, 0.05) is 28.1 Å². The number of thiazole rings is 1. The van der Waals surface area contributed by atoms with Crippen LogP contribution in [-0.2, 0) is 0 Å². The number of carbonyl (C=O) groups is 1. The van der Waals surface area contributed by atoms with Crippen LogP contribution in [0.3, 0.4) is 0 Å². The topological polar surface area (TPSA) is 112 Å². The number of methoxy groups -OCH3 is 1. The van der Waals surface area contributed by atoms with Gasteiger partial charge in [-0.3, -0.25) is 14.9 Å². The summed E-state index contributed by atoms with van der Waals surface area (Å²) in [6, 6.07) is 12.9. The maximum Gasteiger partial charge on any atom is 0.282 e. The van der Waals surface area contributed by atoms with Crippen LogP contribution in [0.5, 0.6) is 5.75 Å². The summed E-state index contributed by atoms with van der Waals surface area (Å²) in [6.07, 6.45) is 0. The molecule has 0 atom stereocenters. The largest absolute Gasteiger partial charge is 0.497 e. The number of nitrogens with zero attached hydrogens (tertiary/aromatic N) is 4. The number of aryl methyl sites for hydroxylation is 1. The third-order valence-electron chi connectivity index (χ3n) is 4.53. The number of nitro groups is 1. The molecular formula is C21H16ClN5O4S. The van der Waals surface area contributed by atoms with Crippen LogP contribution in [0.4, 0.5) is 11.5 Å². The van der Waals surface area contributed by atoms with Crippen molar-refractivity contribution in [2.45, 2.75) is 6.92 Å². The normalized spacial score (nSPS) is 10.7. The maximum absolute atomic E-state index is 12.8. The van der Waals surface area contributed by atoms with Crippen molar-refractivity contribution in [1.29, 1.82) is 0 Å². The zero-order valence-electron chi connectivity index (χ0n) is 16.9. The van der Waals surface area contributed by atoms with Crippen molar-refractivity contribution in [3.63, 3.8) is 0 Å². The fraction of sp³-hybridized carbons (Fsp3) is 0.0952. The smallest absolute Gasteiger partial charge is 0.282 e. The highest BCUT2D eigenvalue weighted by Gasteiger charge is 2.22. The average Bonchev–Trinajstić information content (AvgIpc) is 3.40. The predicted molar refractivity (Wildman–Crippen MR) is 122 cm³/mol. The highest BCUT2D eigenvalue weighted by atomic mass is 35.5. The number of anilines is 1. The molecule has 162 valence electrons. The maximum atomic E-state index is 12.8. The highest BCUT2D eigenvalue weighted by molar-refractivity contribution is 7.12. The summed E-state index contributed by atoms with van der Waals surface area (Å²) in [6.45, 7) is 1.77. The molecule has 0 bridgehead atoms. The molecule has 2 aromatic heterocycles. The number of hydrogen-bond acceptors (Lipinski definition) is 7. The molecule has 0 aliphatic rings. The van der Waals surface area contributed by atoms with Crippen molar-refractivity contribution in [2.75, 3.05) is 12.4 Å². The molecule has 11 heteroatoms. The molecule has 1 N–H and O–H groups in total. The fourth-order valence-electron chi connectivity index (χ4n) is 3.02. The molecule has 0 radical (unpaired) electrons. The van der Waals surface area contributed by atoms with E-state index in [4.69, 9.17) is 16.3 Å². The molecular weight excluding hydrogens is 454 g/mol. The minimum Gasteiger partial charge on any atom is -0.497 e. The first-order valence-electron chi connectivity index (χ1n) is 9.28. The molecule has 0 unspecified atom stereocenters. The lowest BCUT2D eigenvalue weighted by molar-refractivity contribution is -0.385. The number of carbonyl (C=O) groups excluding carboxylic acids is 1. The van der Waals surface area contributed by atoms with Gasteiger partial charge in [0.2, 0.25) is 5.13 Å². The van der Waals surface area contributed by atoms with Crippen LogP contribution in [0.2, 0.25) is 5.02 Å². The van der Waals surface area contributed by atoms with E-state index >= 15 is 0 Å². The molecule has 2 heterocycles. The number of ether oxygens (including phenoxy) is 1. The van der Waals surface area contributed by atoms with E-state index in [-0.39, 0.29) is 16.3 Å². The second-order valence-electron chi connectivity index (χ2n) is 6.70. The van der Waals surface area contributed by atoms with Crippen molar-refractivity contribution in [3.8, 4) is 22.1 Å². The first kappa shape index (κ1) is 21.5. The Morgan fingerprint density at radius 1 is 1.22 bits per heavy atom. The third kappa shape index (κ3) is 4.32. The summed E-state index contributed by atoms with van der Waals surface area (Å²) in [5.74, 6) is 0.400. The van der Waals surface area contributed by atoms with Gasteiger partial charge in [-0.25, -0.2) is 4.98 Å². The lowest BCUT2D eigenvalue weighted by Gasteiger charge is -2.07. The molecule has 32 heavy (non-hydrogen) atoms. The summed E-state index contributed by atoms with van der Waals surface area (Å²) in [5.41, 5.74) is 1.79. The minimum absolute atomic E-state index is 0.147. The molecule has 4 aromatic rings. The van der Waals surface area contributed by atoms with Gasteiger partial charge in [0.1, 0.15) is 17.1 Å². The van der Waals surface area contributed by atoms with Crippen molar-refractivity contribution < 1.29 is 14.5 Å². The van der Waals surface area contributed by atoms with Gasteiger partial charge >= 0.3 is 0 Å². The van der Waals surface area contributed by atoms with Crippen molar-refractivity contribution in [2.24, 2.45) is 0 Å². The molecule has 4 rings (SSSR count). The predicted octanol–water partition coefficient (Wildman–Crippen LogP) is 5.13. The van der Waals surface area contributed by atoms with Gasteiger partial charge in [-0.05, 0) is 43.3 Å². The number of nitro benzene ring substituents is 1. The Morgan fingerprint density at radius 3 is 2.66 bits per heavy atom.